The van der Waals surface area contributed by atoms with Crippen LogP contribution in [0.1, 0.15) is 41.4 Å². The van der Waals surface area contributed by atoms with Crippen molar-refractivity contribution in [3.63, 3.8) is 0 Å². The Kier molecular flexibility index (Phi) is 5.61. The molecule has 1 atom stereocenters. The second-order valence-corrected chi connectivity index (χ2v) is 6.89. The number of benzene rings is 1. The van der Waals surface area contributed by atoms with Gasteiger partial charge in [0.15, 0.2) is 11.5 Å². The number of methoxy groups -OCH3 is 2. The quantitative estimate of drug-likeness (QED) is 0.891. The van der Waals surface area contributed by atoms with E-state index >= 15 is 0 Å². The Labute approximate surface area is 154 Å². The molecule has 3 rings (SSSR count). The first-order valence-corrected chi connectivity index (χ1v) is 9.03. The number of nitrogens with zero attached hydrogens (tertiary/aromatic N) is 2. The predicted octanol–water partition coefficient (Wildman–Crippen LogP) is 2.78. The molecule has 1 saturated heterocycles. The fourth-order valence-electron chi connectivity index (χ4n) is 3.60. The van der Waals surface area contributed by atoms with E-state index in [4.69, 9.17) is 9.47 Å². The lowest BCUT2D eigenvalue weighted by Crippen LogP contribution is -2.35. The summed E-state index contributed by atoms with van der Waals surface area (Å²) in [6.45, 7) is 6.38. The molecule has 1 aliphatic heterocycles. The summed E-state index contributed by atoms with van der Waals surface area (Å²) in [7, 11) is 3.32. The third-order valence-electron chi connectivity index (χ3n) is 5.18. The van der Waals surface area contributed by atoms with Gasteiger partial charge in [0, 0.05) is 35.8 Å². The highest BCUT2D eigenvalue weighted by molar-refractivity contribution is 5.46. The van der Waals surface area contributed by atoms with Crippen LogP contribution in [0.5, 0.6) is 11.5 Å². The monoisotopic (exact) mass is 357 g/mol. The molecule has 140 valence electrons. The first kappa shape index (κ1) is 18.5. The smallest absolute Gasteiger partial charge is 0.254 e. The zero-order valence-electron chi connectivity index (χ0n) is 16.0. The zero-order valence-corrected chi connectivity index (χ0v) is 16.0. The van der Waals surface area contributed by atoms with Crippen LogP contribution in [0.25, 0.3) is 0 Å². The summed E-state index contributed by atoms with van der Waals surface area (Å²) in [5.74, 6) is 2.58. The maximum atomic E-state index is 12.1. The van der Waals surface area contributed by atoms with Gasteiger partial charge in [-0.15, -0.1) is 0 Å². The molecule has 0 saturated carbocycles. The molecule has 26 heavy (non-hydrogen) atoms. The molecule has 6 heteroatoms. The molecule has 6 nitrogen and oxygen atoms in total. The summed E-state index contributed by atoms with van der Waals surface area (Å²) in [5.41, 5.74) is 2.59. The summed E-state index contributed by atoms with van der Waals surface area (Å²) in [5, 5.41) is 0. The van der Waals surface area contributed by atoms with Gasteiger partial charge in [-0.25, -0.2) is 4.98 Å². The molecule has 0 unspecified atom stereocenters. The van der Waals surface area contributed by atoms with E-state index < -0.39 is 0 Å². The number of ether oxygens (including phenoxy) is 2. The Bertz CT molecular complexity index is 832. The first-order valence-electron chi connectivity index (χ1n) is 9.03. The summed E-state index contributed by atoms with van der Waals surface area (Å²) in [6, 6.07) is 5.96. The first-order chi connectivity index (χ1) is 12.5. The topological polar surface area (TPSA) is 67.5 Å². The number of rotatable bonds is 5. The molecule has 1 aromatic heterocycles. The van der Waals surface area contributed by atoms with Gasteiger partial charge in [-0.1, -0.05) is 12.1 Å². The van der Waals surface area contributed by atoms with E-state index in [1.165, 1.54) is 0 Å². The highest BCUT2D eigenvalue weighted by Crippen LogP contribution is 2.33. The number of aryl methyl sites for hydroxylation is 1. The van der Waals surface area contributed by atoms with Crippen LogP contribution in [0, 0.1) is 13.8 Å². The molecule has 0 amide bonds. The average molecular weight is 357 g/mol. The van der Waals surface area contributed by atoms with Gasteiger partial charge in [0.2, 0.25) is 0 Å². The van der Waals surface area contributed by atoms with Gasteiger partial charge in [0.1, 0.15) is 5.82 Å². The fraction of sp³-hybridized carbons (Fsp3) is 0.500. The van der Waals surface area contributed by atoms with Gasteiger partial charge in [-0.2, -0.15) is 0 Å². The Morgan fingerprint density at radius 3 is 2.77 bits per heavy atom. The predicted molar refractivity (Wildman–Crippen MR) is 101 cm³/mol. The van der Waals surface area contributed by atoms with E-state index in [0.717, 1.165) is 61.1 Å². The van der Waals surface area contributed by atoms with Crippen molar-refractivity contribution in [3.05, 3.63) is 51.2 Å². The lowest BCUT2D eigenvalue weighted by Gasteiger charge is -2.32. The molecular formula is C20H27N3O3. The van der Waals surface area contributed by atoms with Gasteiger partial charge >= 0.3 is 0 Å². The number of likely N-dealkylation sites (tertiary alicyclic amines) is 1. The summed E-state index contributed by atoms with van der Waals surface area (Å²) in [6.07, 6.45) is 2.12. The molecule has 0 spiro atoms. The fourth-order valence-corrected chi connectivity index (χ4v) is 3.60. The molecule has 1 fully saturated rings. The van der Waals surface area contributed by atoms with Crippen molar-refractivity contribution in [2.75, 3.05) is 27.3 Å². The Morgan fingerprint density at radius 1 is 1.27 bits per heavy atom. The van der Waals surface area contributed by atoms with E-state index in [0.29, 0.717) is 5.56 Å². The second kappa shape index (κ2) is 7.91. The van der Waals surface area contributed by atoms with Crippen molar-refractivity contribution in [2.24, 2.45) is 0 Å². The highest BCUT2D eigenvalue weighted by atomic mass is 16.5. The third-order valence-corrected chi connectivity index (χ3v) is 5.18. The van der Waals surface area contributed by atoms with Crippen LogP contribution < -0.4 is 15.0 Å². The molecular weight excluding hydrogens is 330 g/mol. The third kappa shape index (κ3) is 3.75. The molecule has 1 aliphatic rings. The Morgan fingerprint density at radius 2 is 2.08 bits per heavy atom. The number of aromatic amines is 1. The normalized spacial score (nSPS) is 17.9. The second-order valence-electron chi connectivity index (χ2n) is 6.89. The number of piperidine rings is 1. The molecule has 0 radical (unpaired) electrons. The summed E-state index contributed by atoms with van der Waals surface area (Å²) >= 11 is 0. The van der Waals surface area contributed by atoms with Crippen LogP contribution in [0.2, 0.25) is 0 Å². The molecule has 0 bridgehead atoms. The molecule has 2 aromatic rings. The van der Waals surface area contributed by atoms with Gasteiger partial charge in [-0.05, 0) is 39.3 Å². The zero-order chi connectivity index (χ0) is 18.7. The molecule has 1 aromatic carbocycles. The van der Waals surface area contributed by atoms with Crippen molar-refractivity contribution in [1.29, 1.82) is 0 Å². The Balaban J connectivity index is 1.79. The minimum atomic E-state index is -0.0286. The highest BCUT2D eigenvalue weighted by Gasteiger charge is 2.25. The number of hydrogen-bond donors (Lipinski definition) is 1. The van der Waals surface area contributed by atoms with Crippen molar-refractivity contribution >= 4 is 0 Å². The van der Waals surface area contributed by atoms with Gasteiger partial charge in [0.25, 0.3) is 5.56 Å². The lowest BCUT2D eigenvalue weighted by molar-refractivity contribution is 0.193. The van der Waals surface area contributed by atoms with Crippen molar-refractivity contribution in [2.45, 2.75) is 39.2 Å². The summed E-state index contributed by atoms with van der Waals surface area (Å²) in [4.78, 5) is 22.1. The van der Waals surface area contributed by atoms with Crippen molar-refractivity contribution in [3.8, 4) is 11.5 Å². The van der Waals surface area contributed by atoms with Crippen molar-refractivity contribution in [1.82, 2.24) is 14.9 Å². The maximum absolute atomic E-state index is 12.1. The van der Waals surface area contributed by atoms with E-state index in [-0.39, 0.29) is 11.5 Å². The number of nitrogens with one attached hydrogen (secondary N) is 1. The van der Waals surface area contributed by atoms with Crippen LogP contribution in [-0.4, -0.2) is 42.2 Å². The lowest BCUT2D eigenvalue weighted by atomic mass is 9.96. The summed E-state index contributed by atoms with van der Waals surface area (Å²) < 4.78 is 11.0. The number of hydrogen-bond acceptors (Lipinski definition) is 5. The number of para-hydroxylation sites is 1. The van der Waals surface area contributed by atoms with E-state index in [9.17, 15) is 4.79 Å². The van der Waals surface area contributed by atoms with Gasteiger partial charge in [0.05, 0.1) is 14.2 Å². The van der Waals surface area contributed by atoms with Crippen LogP contribution in [0.3, 0.4) is 0 Å². The van der Waals surface area contributed by atoms with Gasteiger partial charge < -0.3 is 14.5 Å². The van der Waals surface area contributed by atoms with Crippen LogP contribution in [0.4, 0.5) is 0 Å². The average Bonchev–Trinajstić information content (AvgIpc) is 2.65. The van der Waals surface area contributed by atoms with Crippen LogP contribution >= 0.6 is 0 Å². The Hall–Kier alpha value is -2.34. The number of H-pyrrole nitrogens is 1. The minimum Gasteiger partial charge on any atom is -0.493 e. The van der Waals surface area contributed by atoms with E-state index in [2.05, 4.69) is 20.9 Å². The molecule has 2 heterocycles. The van der Waals surface area contributed by atoms with Crippen LogP contribution in [0.15, 0.2) is 23.0 Å². The standard InChI is InChI=1S/C20H27N3O3/c1-13-14(2)21-19(22-20(13)24)16-8-6-10-23(12-16)11-15-7-5-9-17(25-3)18(15)26-4/h5,7,9,16H,6,8,10-12H2,1-4H3,(H,21,22,24)/t16-/m1/s1. The molecule has 0 aliphatic carbocycles. The van der Waals surface area contributed by atoms with Crippen LogP contribution in [-0.2, 0) is 6.54 Å². The number of aromatic nitrogens is 2. The largest absolute Gasteiger partial charge is 0.493 e. The minimum absolute atomic E-state index is 0.0286. The maximum Gasteiger partial charge on any atom is 0.254 e. The van der Waals surface area contributed by atoms with E-state index in [1.807, 2.05) is 26.0 Å². The van der Waals surface area contributed by atoms with Gasteiger partial charge in [-0.3, -0.25) is 9.69 Å². The van der Waals surface area contributed by atoms with E-state index in [1.54, 1.807) is 14.2 Å². The van der Waals surface area contributed by atoms with Crippen molar-refractivity contribution < 1.29 is 9.47 Å². The SMILES string of the molecule is COc1cccc(CN2CCC[C@@H](c3nc(C)c(C)c(=O)[nH]3)C2)c1OC. The molecule has 1 N–H and O–H groups in total.